The predicted octanol–water partition coefficient (Wildman–Crippen LogP) is 4.56. The predicted molar refractivity (Wildman–Crippen MR) is 130 cm³/mol. The molecule has 4 rings (SSSR count). The van der Waals surface area contributed by atoms with Crippen molar-refractivity contribution in [1.82, 2.24) is 20.2 Å². The van der Waals surface area contributed by atoms with Crippen LogP contribution in [0.25, 0.3) is 11.3 Å². The molecule has 0 radical (unpaired) electrons. The maximum Gasteiger partial charge on any atom is 0.261 e. The summed E-state index contributed by atoms with van der Waals surface area (Å²) in [6.45, 7) is 3.20. The first-order valence-corrected chi connectivity index (χ1v) is 11.8. The van der Waals surface area contributed by atoms with Gasteiger partial charge in [0.1, 0.15) is 0 Å². The Kier molecular flexibility index (Phi) is 6.85. The number of fused-ring (bicyclic) bond motifs is 1. The van der Waals surface area contributed by atoms with E-state index in [1.54, 1.807) is 17.5 Å². The minimum absolute atomic E-state index is 0.00445. The van der Waals surface area contributed by atoms with E-state index in [-0.39, 0.29) is 11.9 Å². The molecule has 2 aromatic heterocycles. The minimum Gasteiger partial charge on any atom is -0.376 e. The third kappa shape index (κ3) is 5.16. The van der Waals surface area contributed by atoms with Gasteiger partial charge in [-0.3, -0.25) is 4.79 Å². The summed E-state index contributed by atoms with van der Waals surface area (Å²) in [5.41, 5.74) is 11.1. The van der Waals surface area contributed by atoms with Gasteiger partial charge in [-0.15, -0.1) is 11.3 Å². The standard InChI is InChI=1S/C25H29N5OS/c1-3-12-30(2)16-20-13-17(21-10-11-27-25(26)29-21)8-9-19(20)15-28-24(31)23-14-18-6-4-5-7-22(18)32-23/h3,8-14H,4-7,15-16H2,1-2H3,(H,28,31)(H2,26,27,29). The van der Waals surface area contributed by atoms with Crippen LogP contribution in [-0.4, -0.2) is 27.8 Å². The van der Waals surface area contributed by atoms with Crippen LogP contribution < -0.4 is 11.1 Å². The van der Waals surface area contributed by atoms with Gasteiger partial charge in [0.05, 0.1) is 10.6 Å². The van der Waals surface area contributed by atoms with Gasteiger partial charge in [0.15, 0.2) is 0 Å². The van der Waals surface area contributed by atoms with E-state index in [4.69, 9.17) is 5.73 Å². The number of nitrogens with two attached hydrogens (primary N) is 1. The van der Waals surface area contributed by atoms with E-state index in [1.807, 2.05) is 38.4 Å². The third-order valence-electron chi connectivity index (χ3n) is 5.66. The Bertz CT molecular complexity index is 1110. The monoisotopic (exact) mass is 447 g/mol. The maximum absolute atomic E-state index is 12.8. The molecule has 0 spiro atoms. The number of anilines is 1. The molecule has 0 atom stereocenters. The second-order valence-corrected chi connectivity index (χ2v) is 9.27. The van der Waals surface area contributed by atoms with Crippen LogP contribution in [0.15, 0.2) is 48.8 Å². The third-order valence-corrected chi connectivity index (χ3v) is 6.90. The molecule has 0 aliphatic heterocycles. The van der Waals surface area contributed by atoms with Crippen molar-refractivity contribution in [2.24, 2.45) is 0 Å². The first kappa shape index (κ1) is 22.0. The Hall–Kier alpha value is -3.19. The van der Waals surface area contributed by atoms with E-state index in [2.05, 4.69) is 38.4 Å². The van der Waals surface area contributed by atoms with Gasteiger partial charge in [-0.25, -0.2) is 9.97 Å². The zero-order valence-corrected chi connectivity index (χ0v) is 19.4. The number of thiophene rings is 1. The lowest BCUT2D eigenvalue weighted by Crippen LogP contribution is -2.23. The summed E-state index contributed by atoms with van der Waals surface area (Å²) in [6.07, 6.45) is 10.3. The van der Waals surface area contributed by atoms with Crippen molar-refractivity contribution in [2.45, 2.75) is 45.7 Å². The van der Waals surface area contributed by atoms with E-state index in [1.165, 1.54) is 23.3 Å². The van der Waals surface area contributed by atoms with Gasteiger partial charge in [0, 0.05) is 36.8 Å². The van der Waals surface area contributed by atoms with Gasteiger partial charge in [-0.05, 0) is 73.7 Å². The van der Waals surface area contributed by atoms with Gasteiger partial charge in [0.2, 0.25) is 5.95 Å². The summed E-state index contributed by atoms with van der Waals surface area (Å²) in [5, 5.41) is 3.13. The zero-order chi connectivity index (χ0) is 22.5. The number of nitrogens with zero attached hydrogens (tertiary/aromatic N) is 3. The molecule has 166 valence electrons. The van der Waals surface area contributed by atoms with E-state index < -0.39 is 0 Å². The Balaban J connectivity index is 1.54. The van der Waals surface area contributed by atoms with Crippen molar-refractivity contribution in [1.29, 1.82) is 0 Å². The number of nitrogen functional groups attached to an aromatic ring is 1. The van der Waals surface area contributed by atoms with Gasteiger partial charge < -0.3 is 16.0 Å². The molecule has 6 nitrogen and oxygen atoms in total. The van der Waals surface area contributed by atoms with Gasteiger partial charge in [0.25, 0.3) is 5.91 Å². The lowest BCUT2D eigenvalue weighted by molar-refractivity contribution is 0.0955. The highest BCUT2D eigenvalue weighted by Gasteiger charge is 2.17. The molecule has 0 bridgehead atoms. The lowest BCUT2D eigenvalue weighted by atomic mass is 9.99. The number of benzene rings is 1. The van der Waals surface area contributed by atoms with Gasteiger partial charge in [-0.1, -0.05) is 18.2 Å². The molecule has 7 heteroatoms. The fraction of sp³-hybridized carbons (Fsp3) is 0.320. The number of carbonyl (C=O) groups is 1. The molecule has 3 aromatic rings. The summed E-state index contributed by atoms with van der Waals surface area (Å²) in [5.74, 6) is 0.259. The van der Waals surface area contributed by atoms with Crippen molar-refractivity contribution in [3.05, 3.63) is 75.2 Å². The molecular formula is C25H29N5OS. The second kappa shape index (κ2) is 9.96. The number of rotatable bonds is 7. The molecule has 0 unspecified atom stereocenters. The van der Waals surface area contributed by atoms with Crippen LogP contribution in [-0.2, 0) is 25.9 Å². The van der Waals surface area contributed by atoms with Crippen molar-refractivity contribution >= 4 is 23.2 Å². The number of hydrogen-bond donors (Lipinski definition) is 2. The van der Waals surface area contributed by atoms with Gasteiger partial charge >= 0.3 is 0 Å². The van der Waals surface area contributed by atoms with Crippen molar-refractivity contribution < 1.29 is 4.79 Å². The average molecular weight is 448 g/mol. The topological polar surface area (TPSA) is 84.1 Å². The summed E-state index contributed by atoms with van der Waals surface area (Å²) >= 11 is 1.65. The first-order valence-electron chi connectivity index (χ1n) is 11.0. The number of nitrogens with one attached hydrogen (secondary N) is 1. The second-order valence-electron chi connectivity index (χ2n) is 8.13. The summed E-state index contributed by atoms with van der Waals surface area (Å²) in [7, 11) is 2.04. The van der Waals surface area contributed by atoms with E-state index in [9.17, 15) is 4.79 Å². The molecule has 1 aromatic carbocycles. The smallest absolute Gasteiger partial charge is 0.261 e. The molecule has 1 aliphatic rings. The normalized spacial score (nSPS) is 13.2. The number of aromatic nitrogens is 2. The molecular weight excluding hydrogens is 418 g/mol. The van der Waals surface area contributed by atoms with Crippen LogP contribution in [0.2, 0.25) is 0 Å². The molecule has 1 aliphatic carbocycles. The summed E-state index contributed by atoms with van der Waals surface area (Å²) in [6, 6.07) is 10.1. The van der Waals surface area contributed by atoms with Crippen LogP contribution in [0.1, 0.15) is 51.0 Å². The lowest BCUT2D eigenvalue weighted by Gasteiger charge is -2.18. The Morgan fingerprint density at radius 3 is 2.84 bits per heavy atom. The van der Waals surface area contributed by atoms with Crippen LogP contribution in [0, 0.1) is 0 Å². The quantitative estimate of drug-likeness (QED) is 0.555. The van der Waals surface area contributed by atoms with Crippen LogP contribution in [0.4, 0.5) is 5.95 Å². The number of allylic oxidation sites excluding steroid dienone is 1. The Morgan fingerprint density at radius 1 is 1.22 bits per heavy atom. The minimum atomic E-state index is 0.00445. The Labute approximate surface area is 193 Å². The first-order chi connectivity index (χ1) is 15.5. The van der Waals surface area contributed by atoms with Crippen LogP contribution >= 0.6 is 11.3 Å². The molecule has 1 amide bonds. The van der Waals surface area contributed by atoms with E-state index in [0.717, 1.165) is 46.6 Å². The van der Waals surface area contributed by atoms with E-state index >= 15 is 0 Å². The average Bonchev–Trinajstić information content (AvgIpc) is 3.22. The molecule has 0 saturated heterocycles. The highest BCUT2D eigenvalue weighted by molar-refractivity contribution is 7.14. The SMILES string of the molecule is CC=CN(C)Cc1cc(-c2ccnc(N)n2)ccc1CNC(=O)c1cc2c(s1)CCCC2. The number of aryl methyl sites for hydroxylation is 2. The number of hydrogen-bond acceptors (Lipinski definition) is 6. The highest BCUT2D eigenvalue weighted by atomic mass is 32.1. The fourth-order valence-electron chi connectivity index (χ4n) is 4.08. The highest BCUT2D eigenvalue weighted by Crippen LogP contribution is 2.30. The van der Waals surface area contributed by atoms with Crippen molar-refractivity contribution in [2.75, 3.05) is 12.8 Å². The summed E-state index contributed by atoms with van der Waals surface area (Å²) in [4.78, 5) is 25.5. The number of carbonyl (C=O) groups excluding carboxylic acids is 1. The molecule has 0 fully saturated rings. The van der Waals surface area contributed by atoms with Crippen molar-refractivity contribution in [3.63, 3.8) is 0 Å². The summed E-state index contributed by atoms with van der Waals surface area (Å²) < 4.78 is 0. The largest absolute Gasteiger partial charge is 0.376 e. The number of amides is 1. The van der Waals surface area contributed by atoms with Crippen LogP contribution in [0.5, 0.6) is 0 Å². The molecule has 2 heterocycles. The van der Waals surface area contributed by atoms with Gasteiger partial charge in [-0.2, -0.15) is 0 Å². The maximum atomic E-state index is 12.8. The zero-order valence-electron chi connectivity index (χ0n) is 18.6. The van der Waals surface area contributed by atoms with Crippen molar-refractivity contribution in [3.8, 4) is 11.3 Å². The molecule has 32 heavy (non-hydrogen) atoms. The molecule has 0 saturated carbocycles. The van der Waals surface area contributed by atoms with E-state index in [0.29, 0.717) is 6.54 Å². The van der Waals surface area contributed by atoms with Crippen LogP contribution in [0.3, 0.4) is 0 Å². The Morgan fingerprint density at radius 2 is 2.06 bits per heavy atom. The molecule has 3 N–H and O–H groups in total. The fourth-order valence-corrected chi connectivity index (χ4v) is 5.25.